The van der Waals surface area contributed by atoms with Gasteiger partial charge in [-0.05, 0) is 26.3 Å². The summed E-state index contributed by atoms with van der Waals surface area (Å²) in [5.41, 5.74) is 5.63. The maximum atomic E-state index is 11.4. The highest BCUT2D eigenvalue weighted by atomic mass is 16.2. The Morgan fingerprint density at radius 2 is 2.12 bits per heavy atom. The number of carbonyl (C=O) groups is 1. The molecule has 1 atom stereocenters. The Morgan fingerprint density at radius 3 is 2.69 bits per heavy atom. The third kappa shape index (κ3) is 4.10. The molecule has 0 bridgehead atoms. The minimum atomic E-state index is -0.350. The quantitative estimate of drug-likeness (QED) is 0.703. The topological polar surface area (TPSA) is 58.4 Å². The Kier molecular flexibility index (Phi) is 5.77. The number of hydrogen-bond acceptors (Lipinski definition) is 3. The molecule has 1 rings (SSSR count). The van der Waals surface area contributed by atoms with Crippen LogP contribution >= 0.6 is 0 Å². The van der Waals surface area contributed by atoms with Gasteiger partial charge in [0.05, 0.1) is 6.04 Å². The van der Waals surface area contributed by atoms with Crippen molar-refractivity contribution >= 4 is 5.91 Å². The Morgan fingerprint density at radius 1 is 1.50 bits per heavy atom. The Bertz CT molecular complexity index is 214. The van der Waals surface area contributed by atoms with Gasteiger partial charge >= 0.3 is 0 Å². The number of nitrogens with one attached hydrogen (secondary N) is 1. The normalized spacial score (nSPS) is 19.0. The van der Waals surface area contributed by atoms with Gasteiger partial charge in [0.1, 0.15) is 0 Å². The summed E-state index contributed by atoms with van der Waals surface area (Å²) in [5.74, 6) is -0.0256. The molecule has 0 aromatic rings. The zero-order chi connectivity index (χ0) is 12.0. The molecule has 0 radical (unpaired) electrons. The van der Waals surface area contributed by atoms with Crippen LogP contribution in [0.4, 0.5) is 0 Å². The van der Waals surface area contributed by atoms with Crippen molar-refractivity contribution in [1.82, 2.24) is 10.2 Å². The second-order valence-corrected chi connectivity index (χ2v) is 4.72. The van der Waals surface area contributed by atoms with E-state index in [0.717, 1.165) is 12.6 Å². The highest BCUT2D eigenvalue weighted by Crippen LogP contribution is 2.21. The average molecular weight is 227 g/mol. The molecule has 94 valence electrons. The fourth-order valence-corrected chi connectivity index (χ4v) is 2.20. The second kappa shape index (κ2) is 6.86. The van der Waals surface area contributed by atoms with E-state index >= 15 is 0 Å². The molecule has 0 heterocycles. The van der Waals surface area contributed by atoms with E-state index in [4.69, 9.17) is 5.73 Å². The standard InChI is InChI=1S/C12H25N3O/c1-3-11(13)12(16)14-8-9-15(2)10-6-4-5-7-10/h10-11H,3-9,13H2,1-2H3,(H,14,16). The van der Waals surface area contributed by atoms with Crippen molar-refractivity contribution in [1.29, 1.82) is 0 Å². The molecule has 1 unspecified atom stereocenters. The van der Waals surface area contributed by atoms with Gasteiger partial charge in [-0.3, -0.25) is 4.79 Å². The lowest BCUT2D eigenvalue weighted by atomic mass is 10.2. The highest BCUT2D eigenvalue weighted by Gasteiger charge is 2.19. The van der Waals surface area contributed by atoms with Crippen molar-refractivity contribution in [3.05, 3.63) is 0 Å². The first kappa shape index (κ1) is 13.5. The van der Waals surface area contributed by atoms with Crippen LogP contribution in [0.5, 0.6) is 0 Å². The SMILES string of the molecule is CCC(N)C(=O)NCCN(C)C1CCCC1. The van der Waals surface area contributed by atoms with Crippen molar-refractivity contribution in [2.45, 2.75) is 51.1 Å². The predicted molar refractivity (Wildman–Crippen MR) is 66.2 cm³/mol. The number of rotatable bonds is 6. The Balaban J connectivity index is 2.12. The molecule has 0 aromatic heterocycles. The largest absolute Gasteiger partial charge is 0.353 e. The van der Waals surface area contributed by atoms with E-state index in [1.807, 2.05) is 6.92 Å². The fraction of sp³-hybridized carbons (Fsp3) is 0.917. The van der Waals surface area contributed by atoms with Crippen LogP contribution < -0.4 is 11.1 Å². The molecule has 0 aliphatic heterocycles. The minimum absolute atomic E-state index is 0.0256. The summed E-state index contributed by atoms with van der Waals surface area (Å²) in [5, 5.41) is 2.88. The van der Waals surface area contributed by atoms with Crippen LogP contribution in [0.25, 0.3) is 0 Å². The van der Waals surface area contributed by atoms with Crippen LogP contribution in [0, 0.1) is 0 Å². The number of nitrogens with two attached hydrogens (primary N) is 1. The number of nitrogens with zero attached hydrogens (tertiary/aromatic N) is 1. The first-order chi connectivity index (χ1) is 7.65. The number of amides is 1. The van der Waals surface area contributed by atoms with Gasteiger partial charge in [0.2, 0.25) is 5.91 Å². The lowest BCUT2D eigenvalue weighted by Crippen LogP contribution is -2.43. The molecule has 1 amide bonds. The van der Waals surface area contributed by atoms with E-state index in [2.05, 4.69) is 17.3 Å². The Hall–Kier alpha value is -0.610. The summed E-state index contributed by atoms with van der Waals surface area (Å²) < 4.78 is 0. The summed E-state index contributed by atoms with van der Waals surface area (Å²) in [7, 11) is 2.14. The molecule has 1 fully saturated rings. The second-order valence-electron chi connectivity index (χ2n) is 4.72. The molecule has 16 heavy (non-hydrogen) atoms. The van der Waals surface area contributed by atoms with E-state index in [0.29, 0.717) is 13.0 Å². The number of hydrogen-bond donors (Lipinski definition) is 2. The van der Waals surface area contributed by atoms with Crippen LogP contribution in [-0.4, -0.2) is 43.0 Å². The van der Waals surface area contributed by atoms with E-state index < -0.39 is 0 Å². The molecule has 0 spiro atoms. The monoisotopic (exact) mass is 227 g/mol. The van der Waals surface area contributed by atoms with E-state index in [1.54, 1.807) is 0 Å². The van der Waals surface area contributed by atoms with Gasteiger partial charge in [-0.2, -0.15) is 0 Å². The first-order valence-electron chi connectivity index (χ1n) is 6.38. The highest BCUT2D eigenvalue weighted by molar-refractivity contribution is 5.81. The van der Waals surface area contributed by atoms with Crippen LogP contribution in [0.2, 0.25) is 0 Å². The number of carbonyl (C=O) groups excluding carboxylic acids is 1. The summed E-state index contributed by atoms with van der Waals surface area (Å²) in [6, 6.07) is 0.369. The summed E-state index contributed by atoms with van der Waals surface area (Å²) in [6.45, 7) is 3.56. The molecular formula is C12H25N3O. The van der Waals surface area contributed by atoms with Crippen molar-refractivity contribution in [3.8, 4) is 0 Å². The smallest absolute Gasteiger partial charge is 0.236 e. The maximum Gasteiger partial charge on any atom is 0.236 e. The predicted octanol–water partition coefficient (Wildman–Crippen LogP) is 0.714. The van der Waals surface area contributed by atoms with Crippen LogP contribution in [0.15, 0.2) is 0 Å². The molecule has 4 heteroatoms. The molecule has 0 aromatic carbocycles. The maximum absolute atomic E-state index is 11.4. The van der Waals surface area contributed by atoms with E-state index in [9.17, 15) is 4.79 Å². The van der Waals surface area contributed by atoms with Gasteiger partial charge < -0.3 is 16.0 Å². The Labute approximate surface area is 98.6 Å². The van der Waals surface area contributed by atoms with Gasteiger partial charge in [0, 0.05) is 19.1 Å². The molecule has 1 aliphatic rings. The first-order valence-corrected chi connectivity index (χ1v) is 6.38. The molecular weight excluding hydrogens is 202 g/mol. The van der Waals surface area contributed by atoms with Gasteiger partial charge in [0.15, 0.2) is 0 Å². The van der Waals surface area contributed by atoms with Crippen LogP contribution in [0.3, 0.4) is 0 Å². The van der Waals surface area contributed by atoms with Crippen molar-refractivity contribution < 1.29 is 4.79 Å². The van der Waals surface area contributed by atoms with E-state index in [-0.39, 0.29) is 11.9 Å². The number of likely N-dealkylation sites (N-methyl/N-ethyl adjacent to an activating group) is 1. The zero-order valence-electron chi connectivity index (χ0n) is 10.5. The zero-order valence-corrected chi connectivity index (χ0v) is 10.5. The van der Waals surface area contributed by atoms with Crippen molar-refractivity contribution in [2.24, 2.45) is 5.73 Å². The lowest BCUT2D eigenvalue weighted by molar-refractivity contribution is -0.122. The van der Waals surface area contributed by atoms with Gasteiger partial charge in [-0.25, -0.2) is 0 Å². The van der Waals surface area contributed by atoms with Crippen molar-refractivity contribution in [3.63, 3.8) is 0 Å². The minimum Gasteiger partial charge on any atom is -0.353 e. The summed E-state index contributed by atoms with van der Waals surface area (Å²) >= 11 is 0. The molecule has 4 nitrogen and oxygen atoms in total. The van der Waals surface area contributed by atoms with Crippen LogP contribution in [-0.2, 0) is 4.79 Å². The van der Waals surface area contributed by atoms with Crippen molar-refractivity contribution in [2.75, 3.05) is 20.1 Å². The summed E-state index contributed by atoms with van der Waals surface area (Å²) in [6.07, 6.45) is 6.01. The average Bonchev–Trinajstić information content (AvgIpc) is 2.81. The van der Waals surface area contributed by atoms with Gasteiger partial charge in [-0.15, -0.1) is 0 Å². The lowest BCUT2D eigenvalue weighted by Gasteiger charge is -2.24. The van der Waals surface area contributed by atoms with Gasteiger partial charge in [0.25, 0.3) is 0 Å². The molecule has 1 saturated carbocycles. The third-order valence-electron chi connectivity index (χ3n) is 3.49. The summed E-state index contributed by atoms with van der Waals surface area (Å²) in [4.78, 5) is 13.8. The molecule has 1 aliphatic carbocycles. The molecule has 0 saturated heterocycles. The fourth-order valence-electron chi connectivity index (χ4n) is 2.20. The molecule has 3 N–H and O–H groups in total. The third-order valence-corrected chi connectivity index (χ3v) is 3.49. The van der Waals surface area contributed by atoms with Gasteiger partial charge in [-0.1, -0.05) is 19.8 Å². The van der Waals surface area contributed by atoms with E-state index in [1.165, 1.54) is 25.7 Å². The van der Waals surface area contributed by atoms with Crippen LogP contribution in [0.1, 0.15) is 39.0 Å².